The topological polar surface area (TPSA) is 67.9 Å². The highest BCUT2D eigenvalue weighted by Crippen LogP contribution is 2.20. The van der Waals surface area contributed by atoms with E-state index in [4.69, 9.17) is 9.47 Å². The van der Waals surface area contributed by atoms with E-state index in [1.807, 2.05) is 0 Å². The van der Waals surface area contributed by atoms with E-state index in [-0.39, 0.29) is 30.8 Å². The number of likely N-dealkylation sites (N-methyl/N-ethyl adjacent to an activating group) is 1. The largest absolute Gasteiger partial charge is 0.489 e. The molecule has 31 heavy (non-hydrogen) atoms. The van der Waals surface area contributed by atoms with Crippen LogP contribution in [-0.2, 0) is 11.4 Å². The molecule has 6 nitrogen and oxygen atoms in total. The van der Waals surface area contributed by atoms with Gasteiger partial charge in [-0.1, -0.05) is 24.3 Å². The zero-order valence-electron chi connectivity index (χ0n) is 17.3. The lowest BCUT2D eigenvalue weighted by molar-refractivity contribution is -0.130. The van der Waals surface area contributed by atoms with Crippen LogP contribution in [-0.4, -0.2) is 37.4 Å². The van der Waals surface area contributed by atoms with Gasteiger partial charge in [-0.25, -0.2) is 4.39 Å². The standard InChI is InChI=1S/C24H23FN2O4/c1-27(2)23(28)16-31-21-7-3-5-18(13-21)24(29)26-20-6-4-8-22(14-20)30-15-17-9-11-19(25)12-10-17/h3-14H,15-16H2,1-2H3,(H,26,29). The summed E-state index contributed by atoms with van der Waals surface area (Å²) < 4.78 is 24.2. The number of halogens is 1. The first kappa shape index (κ1) is 21.8. The van der Waals surface area contributed by atoms with Crippen LogP contribution >= 0.6 is 0 Å². The van der Waals surface area contributed by atoms with E-state index in [0.29, 0.717) is 22.7 Å². The monoisotopic (exact) mass is 422 g/mol. The minimum absolute atomic E-state index is 0.106. The van der Waals surface area contributed by atoms with Gasteiger partial charge in [-0.05, 0) is 48.0 Å². The second-order valence-corrected chi connectivity index (χ2v) is 7.00. The van der Waals surface area contributed by atoms with Gasteiger partial charge in [0.15, 0.2) is 6.61 Å². The van der Waals surface area contributed by atoms with E-state index in [9.17, 15) is 14.0 Å². The van der Waals surface area contributed by atoms with Crippen LogP contribution in [0.4, 0.5) is 10.1 Å². The van der Waals surface area contributed by atoms with E-state index >= 15 is 0 Å². The third kappa shape index (κ3) is 6.57. The molecule has 3 aromatic carbocycles. The molecule has 160 valence electrons. The van der Waals surface area contributed by atoms with E-state index in [0.717, 1.165) is 5.56 Å². The quantitative estimate of drug-likeness (QED) is 0.593. The molecule has 0 fully saturated rings. The Kier molecular flexibility index (Phi) is 7.22. The molecule has 0 aliphatic rings. The van der Waals surface area contributed by atoms with Gasteiger partial charge in [0.1, 0.15) is 23.9 Å². The van der Waals surface area contributed by atoms with Crippen LogP contribution in [0.15, 0.2) is 72.8 Å². The highest BCUT2D eigenvalue weighted by molar-refractivity contribution is 6.04. The predicted octanol–water partition coefficient (Wildman–Crippen LogP) is 4.12. The molecule has 0 saturated carbocycles. The molecule has 2 amide bonds. The van der Waals surface area contributed by atoms with Gasteiger partial charge in [0.05, 0.1) is 0 Å². The summed E-state index contributed by atoms with van der Waals surface area (Å²) in [5, 5.41) is 2.82. The number of carbonyl (C=O) groups is 2. The van der Waals surface area contributed by atoms with Crippen molar-refractivity contribution in [1.29, 1.82) is 0 Å². The van der Waals surface area contributed by atoms with Crippen molar-refractivity contribution in [3.05, 3.63) is 89.7 Å². The van der Waals surface area contributed by atoms with Crippen LogP contribution in [0.25, 0.3) is 0 Å². The maximum atomic E-state index is 13.0. The van der Waals surface area contributed by atoms with E-state index in [2.05, 4.69) is 5.32 Å². The first-order valence-electron chi connectivity index (χ1n) is 9.62. The first-order chi connectivity index (χ1) is 14.9. The molecular weight excluding hydrogens is 399 g/mol. The summed E-state index contributed by atoms with van der Waals surface area (Å²) in [5.74, 6) is 0.209. The molecule has 0 spiro atoms. The van der Waals surface area contributed by atoms with Crippen molar-refractivity contribution >= 4 is 17.5 Å². The number of ether oxygens (including phenoxy) is 2. The van der Waals surface area contributed by atoms with Gasteiger partial charge in [-0.15, -0.1) is 0 Å². The van der Waals surface area contributed by atoms with Gasteiger partial charge in [0.2, 0.25) is 0 Å². The van der Waals surface area contributed by atoms with Crippen LogP contribution in [0.2, 0.25) is 0 Å². The molecule has 3 aromatic rings. The molecule has 0 heterocycles. The van der Waals surface area contributed by atoms with Crippen LogP contribution in [0.3, 0.4) is 0 Å². The SMILES string of the molecule is CN(C)C(=O)COc1cccc(C(=O)Nc2cccc(OCc3ccc(F)cc3)c2)c1. The Morgan fingerprint density at radius 3 is 2.29 bits per heavy atom. The maximum Gasteiger partial charge on any atom is 0.259 e. The Bertz CT molecular complexity index is 1050. The molecule has 7 heteroatoms. The van der Waals surface area contributed by atoms with E-state index in [1.165, 1.54) is 17.0 Å². The lowest BCUT2D eigenvalue weighted by Gasteiger charge is -2.12. The first-order valence-corrected chi connectivity index (χ1v) is 9.62. The highest BCUT2D eigenvalue weighted by atomic mass is 19.1. The average molecular weight is 422 g/mol. The molecule has 0 saturated heterocycles. The van der Waals surface area contributed by atoms with Crippen molar-refractivity contribution in [2.45, 2.75) is 6.61 Å². The number of carbonyl (C=O) groups excluding carboxylic acids is 2. The van der Waals surface area contributed by atoms with Crippen LogP contribution < -0.4 is 14.8 Å². The minimum atomic E-state index is -0.319. The average Bonchev–Trinajstić information content (AvgIpc) is 2.77. The molecule has 0 aliphatic carbocycles. The third-order valence-corrected chi connectivity index (χ3v) is 4.37. The summed E-state index contributed by atoms with van der Waals surface area (Å²) >= 11 is 0. The summed E-state index contributed by atoms with van der Waals surface area (Å²) in [6.07, 6.45) is 0. The fourth-order valence-electron chi connectivity index (χ4n) is 2.62. The fourth-order valence-corrected chi connectivity index (χ4v) is 2.62. The Morgan fingerprint density at radius 2 is 1.58 bits per heavy atom. The normalized spacial score (nSPS) is 10.3. The highest BCUT2D eigenvalue weighted by Gasteiger charge is 2.10. The van der Waals surface area contributed by atoms with Crippen LogP contribution in [0, 0.1) is 5.82 Å². The van der Waals surface area contributed by atoms with Crippen molar-refractivity contribution in [3.8, 4) is 11.5 Å². The Labute approximate surface area is 180 Å². The number of amides is 2. The molecule has 3 rings (SSSR count). The van der Waals surface area contributed by atoms with Crippen molar-refractivity contribution in [1.82, 2.24) is 4.90 Å². The van der Waals surface area contributed by atoms with Crippen molar-refractivity contribution < 1.29 is 23.5 Å². The van der Waals surface area contributed by atoms with Crippen LogP contribution in [0.1, 0.15) is 15.9 Å². The van der Waals surface area contributed by atoms with Crippen molar-refractivity contribution in [2.75, 3.05) is 26.0 Å². The van der Waals surface area contributed by atoms with Gasteiger partial charge in [-0.3, -0.25) is 9.59 Å². The van der Waals surface area contributed by atoms with Gasteiger partial charge in [0.25, 0.3) is 11.8 Å². The van der Waals surface area contributed by atoms with Gasteiger partial charge in [0, 0.05) is 31.4 Å². The van der Waals surface area contributed by atoms with Gasteiger partial charge in [-0.2, -0.15) is 0 Å². The lowest BCUT2D eigenvalue weighted by Crippen LogP contribution is -2.27. The van der Waals surface area contributed by atoms with Crippen molar-refractivity contribution in [2.24, 2.45) is 0 Å². The number of nitrogens with one attached hydrogen (secondary N) is 1. The zero-order valence-corrected chi connectivity index (χ0v) is 17.3. The van der Waals surface area contributed by atoms with E-state index < -0.39 is 0 Å². The molecule has 0 unspecified atom stereocenters. The second-order valence-electron chi connectivity index (χ2n) is 7.00. The maximum absolute atomic E-state index is 13.0. The Hall–Kier alpha value is -3.87. The molecule has 0 radical (unpaired) electrons. The van der Waals surface area contributed by atoms with Crippen molar-refractivity contribution in [3.63, 3.8) is 0 Å². The fraction of sp³-hybridized carbons (Fsp3) is 0.167. The number of rotatable bonds is 8. The predicted molar refractivity (Wildman–Crippen MR) is 116 cm³/mol. The molecule has 0 bridgehead atoms. The number of hydrogen-bond donors (Lipinski definition) is 1. The van der Waals surface area contributed by atoms with Crippen LogP contribution in [0.5, 0.6) is 11.5 Å². The number of anilines is 1. The summed E-state index contributed by atoms with van der Waals surface area (Å²) in [5.41, 5.74) is 1.79. The summed E-state index contributed by atoms with van der Waals surface area (Å²) in [6.45, 7) is 0.175. The number of hydrogen-bond acceptors (Lipinski definition) is 4. The minimum Gasteiger partial charge on any atom is -0.489 e. The van der Waals surface area contributed by atoms with E-state index in [1.54, 1.807) is 74.8 Å². The molecule has 0 aromatic heterocycles. The smallest absolute Gasteiger partial charge is 0.259 e. The molecule has 0 atom stereocenters. The molecular formula is C24H23FN2O4. The van der Waals surface area contributed by atoms with Gasteiger partial charge >= 0.3 is 0 Å². The summed E-state index contributed by atoms with van der Waals surface area (Å²) in [4.78, 5) is 25.7. The zero-order chi connectivity index (χ0) is 22.2. The summed E-state index contributed by atoms with van der Waals surface area (Å²) in [7, 11) is 3.29. The Morgan fingerprint density at radius 1 is 0.903 bits per heavy atom. The second kappa shape index (κ2) is 10.2. The number of benzene rings is 3. The molecule has 0 aliphatic heterocycles. The third-order valence-electron chi connectivity index (χ3n) is 4.37. The molecule has 1 N–H and O–H groups in total. The summed E-state index contributed by atoms with van der Waals surface area (Å²) in [6, 6.07) is 19.7. The lowest BCUT2D eigenvalue weighted by atomic mass is 10.2. The Balaban J connectivity index is 1.60. The van der Waals surface area contributed by atoms with Gasteiger partial charge < -0.3 is 19.7 Å². The number of nitrogens with zero attached hydrogens (tertiary/aromatic N) is 1.